The molecule has 0 spiro atoms. The molecule has 0 aromatic carbocycles. The molecular formula is C4H10NNaO4S. The molecule has 0 aliphatic carbocycles. The van der Waals surface area contributed by atoms with Crippen LogP contribution in [0.2, 0.25) is 0 Å². The van der Waals surface area contributed by atoms with Gasteiger partial charge in [0.15, 0.2) is 0 Å². The maximum Gasteiger partial charge on any atom is 1.00 e. The second-order valence-corrected chi connectivity index (χ2v) is 2.59. The van der Waals surface area contributed by atoms with Gasteiger partial charge in [0.1, 0.15) is 6.29 Å². The van der Waals surface area contributed by atoms with Gasteiger partial charge in [-0.05, 0) is 13.8 Å². The Morgan fingerprint density at radius 1 is 1.64 bits per heavy atom. The van der Waals surface area contributed by atoms with Gasteiger partial charge in [0, 0.05) is 0 Å². The Balaban J connectivity index is -0.000000114. The second kappa shape index (κ2) is 8.79. The number of carbonyl (C=O) groups excluding carboxylic acids is 1. The molecule has 0 aromatic rings. The van der Waals surface area contributed by atoms with Gasteiger partial charge in [-0.2, -0.15) is 0 Å². The van der Waals surface area contributed by atoms with Crippen LogP contribution < -0.4 is 35.3 Å². The van der Waals surface area contributed by atoms with Gasteiger partial charge in [0.05, 0.1) is 16.9 Å². The normalized spacial score (nSPS) is 11.7. The first-order chi connectivity index (χ1) is 4.29. The monoisotopic (exact) mass is 191 g/mol. The van der Waals surface area contributed by atoms with Crippen molar-refractivity contribution in [3.8, 4) is 0 Å². The van der Waals surface area contributed by atoms with E-state index in [1.54, 1.807) is 13.8 Å². The molecule has 1 atom stereocenters. The number of hydrogen-bond acceptors (Lipinski definition) is 4. The third-order valence-corrected chi connectivity index (χ3v) is 0.304. The maximum absolute atomic E-state index is 9.70. The van der Waals surface area contributed by atoms with Crippen LogP contribution in [-0.4, -0.2) is 25.1 Å². The maximum atomic E-state index is 9.70. The van der Waals surface area contributed by atoms with Gasteiger partial charge in [-0.3, -0.25) is 0 Å². The molecule has 11 heavy (non-hydrogen) atoms. The van der Waals surface area contributed by atoms with E-state index < -0.39 is 16.9 Å². The topological polar surface area (TPSA) is 103 Å². The van der Waals surface area contributed by atoms with Crippen molar-refractivity contribution in [2.45, 2.75) is 19.4 Å². The molecule has 0 rings (SSSR count). The Hall–Kier alpha value is 0.700. The molecular weight excluding hydrogens is 181 g/mol. The van der Waals surface area contributed by atoms with Crippen LogP contribution in [0.1, 0.15) is 13.8 Å². The molecule has 0 saturated heterocycles. The third kappa shape index (κ3) is 59.2. The summed E-state index contributed by atoms with van der Waals surface area (Å²) in [6.07, 6.45) is 0.715. The van der Waals surface area contributed by atoms with Gasteiger partial charge in [-0.25, -0.2) is 4.21 Å². The van der Waals surface area contributed by atoms with Crippen LogP contribution in [0.3, 0.4) is 0 Å². The fourth-order valence-corrected chi connectivity index (χ4v) is 0. The van der Waals surface area contributed by atoms with Crippen molar-refractivity contribution in [3.05, 3.63) is 0 Å². The van der Waals surface area contributed by atoms with Crippen molar-refractivity contribution in [1.82, 2.24) is 0 Å². The van der Waals surface area contributed by atoms with Crippen LogP contribution in [0.25, 0.3) is 0 Å². The Morgan fingerprint density at radius 3 is 1.73 bits per heavy atom. The molecule has 62 valence electrons. The molecule has 0 aromatic heterocycles. The largest absolute Gasteiger partial charge is 1.00 e. The van der Waals surface area contributed by atoms with Gasteiger partial charge in [0.2, 0.25) is 0 Å². The van der Waals surface area contributed by atoms with Crippen LogP contribution in [-0.2, 0) is 16.2 Å². The Labute approximate surface area is 90.1 Å². The molecule has 0 radical (unpaired) electrons. The SMILES string of the molecule is CC(C)(N)C=O.O=S([O-])O.[Na+]. The summed E-state index contributed by atoms with van der Waals surface area (Å²) in [5.41, 5.74) is 4.53. The molecule has 1 unspecified atom stereocenters. The first kappa shape index (κ1) is 17.7. The molecule has 3 N–H and O–H groups in total. The minimum Gasteiger partial charge on any atom is -0.750 e. The minimum atomic E-state index is -2.86. The van der Waals surface area contributed by atoms with E-state index in [1.807, 2.05) is 0 Å². The number of aldehydes is 1. The Kier molecular flexibility index (Phi) is 14.1. The zero-order valence-electron chi connectivity index (χ0n) is 6.73. The second-order valence-electron chi connectivity index (χ2n) is 2.16. The molecule has 0 fully saturated rings. The summed E-state index contributed by atoms with van der Waals surface area (Å²) in [5.74, 6) is 0. The summed E-state index contributed by atoms with van der Waals surface area (Å²) in [7, 11) is 0. The van der Waals surface area contributed by atoms with Crippen LogP contribution in [0.4, 0.5) is 0 Å². The van der Waals surface area contributed by atoms with Crippen molar-refractivity contribution in [2.75, 3.05) is 0 Å². The van der Waals surface area contributed by atoms with E-state index in [0.29, 0.717) is 6.29 Å². The third-order valence-electron chi connectivity index (χ3n) is 0.304. The number of nitrogens with two attached hydrogens (primary N) is 1. The molecule has 0 aliphatic rings. The van der Waals surface area contributed by atoms with Crippen molar-refractivity contribution in [2.24, 2.45) is 5.73 Å². The molecule has 5 nitrogen and oxygen atoms in total. The summed E-state index contributed by atoms with van der Waals surface area (Å²) >= 11 is -2.86. The van der Waals surface area contributed by atoms with Crippen molar-refractivity contribution >= 4 is 17.6 Å². The molecule has 0 saturated carbocycles. The zero-order valence-corrected chi connectivity index (χ0v) is 9.55. The molecule has 0 aliphatic heterocycles. The summed E-state index contributed by atoms with van der Waals surface area (Å²) in [6.45, 7) is 3.31. The molecule has 0 amide bonds. The van der Waals surface area contributed by atoms with Gasteiger partial charge in [-0.15, -0.1) is 0 Å². The van der Waals surface area contributed by atoms with E-state index in [9.17, 15) is 4.79 Å². The predicted molar refractivity (Wildman–Crippen MR) is 35.9 cm³/mol. The Morgan fingerprint density at radius 2 is 1.73 bits per heavy atom. The fourth-order valence-electron chi connectivity index (χ4n) is 0. The summed E-state index contributed by atoms with van der Waals surface area (Å²) in [4.78, 5) is 9.70. The standard InChI is InChI=1S/C4H9NO.Na.H2O3S/c1-4(2,5)3-6;;1-4(2)3/h3H,5H2,1-2H3;;(H2,1,2,3)/q;+1;/p-1. The van der Waals surface area contributed by atoms with Gasteiger partial charge >= 0.3 is 29.6 Å². The van der Waals surface area contributed by atoms with E-state index in [-0.39, 0.29) is 29.6 Å². The zero-order chi connectivity index (χ0) is 8.78. The smallest absolute Gasteiger partial charge is 0.750 e. The quantitative estimate of drug-likeness (QED) is 0.252. The average Bonchev–Trinajstić information content (AvgIpc) is 1.63. The van der Waals surface area contributed by atoms with Crippen molar-refractivity contribution < 1.29 is 47.7 Å². The summed E-state index contributed by atoms with van der Waals surface area (Å²) < 4.78 is 24.1. The first-order valence-electron chi connectivity index (χ1n) is 2.33. The molecule has 0 heterocycles. The summed E-state index contributed by atoms with van der Waals surface area (Å²) in [6, 6.07) is 0. The average molecular weight is 191 g/mol. The minimum absolute atomic E-state index is 0. The predicted octanol–water partition coefficient (Wildman–Crippen LogP) is -3.73. The van der Waals surface area contributed by atoms with Gasteiger partial charge in [0.25, 0.3) is 0 Å². The number of hydrogen-bond donors (Lipinski definition) is 2. The van der Waals surface area contributed by atoms with Crippen molar-refractivity contribution in [3.63, 3.8) is 0 Å². The van der Waals surface area contributed by atoms with Gasteiger partial charge < -0.3 is 19.6 Å². The van der Waals surface area contributed by atoms with Crippen LogP contribution in [0.15, 0.2) is 0 Å². The fraction of sp³-hybridized carbons (Fsp3) is 0.750. The summed E-state index contributed by atoms with van der Waals surface area (Å²) in [5, 5.41) is 0. The van der Waals surface area contributed by atoms with Crippen LogP contribution >= 0.6 is 0 Å². The van der Waals surface area contributed by atoms with E-state index >= 15 is 0 Å². The van der Waals surface area contributed by atoms with Crippen LogP contribution in [0, 0.1) is 0 Å². The Bertz CT molecular complexity index is 120. The van der Waals surface area contributed by atoms with Crippen LogP contribution in [0.5, 0.6) is 0 Å². The van der Waals surface area contributed by atoms with E-state index in [2.05, 4.69) is 0 Å². The molecule has 7 heteroatoms. The number of carbonyl (C=O) groups is 1. The van der Waals surface area contributed by atoms with E-state index in [0.717, 1.165) is 0 Å². The van der Waals surface area contributed by atoms with Gasteiger partial charge in [-0.1, -0.05) is 0 Å². The van der Waals surface area contributed by atoms with E-state index in [4.69, 9.17) is 19.0 Å². The van der Waals surface area contributed by atoms with Crippen molar-refractivity contribution in [1.29, 1.82) is 0 Å². The molecule has 0 bridgehead atoms. The van der Waals surface area contributed by atoms with E-state index in [1.165, 1.54) is 0 Å². The number of rotatable bonds is 1. The first-order valence-corrected chi connectivity index (χ1v) is 3.36.